The fraction of sp³-hybridized carbons (Fsp3) is 0.214. The summed E-state index contributed by atoms with van der Waals surface area (Å²) in [6.45, 7) is 0.506. The van der Waals surface area contributed by atoms with Gasteiger partial charge < -0.3 is 20.3 Å². The molecule has 0 aliphatic heterocycles. The lowest BCUT2D eigenvalue weighted by Crippen LogP contribution is -2.32. The Kier molecular flexibility index (Phi) is 8.20. The van der Waals surface area contributed by atoms with E-state index in [-0.39, 0.29) is 22.8 Å². The highest BCUT2D eigenvalue weighted by molar-refractivity contribution is 6.27. The number of hydrogen-bond acceptors (Lipinski definition) is 4. The monoisotopic (exact) mass is 517 g/mol. The lowest BCUT2D eigenvalue weighted by molar-refractivity contribution is 0.0690. The number of aryl methyl sites for hydroxylation is 1. The summed E-state index contributed by atoms with van der Waals surface area (Å²) in [7, 11) is 1.89. The van der Waals surface area contributed by atoms with Crippen LogP contribution in [0.5, 0.6) is 0 Å². The molecule has 0 saturated carbocycles. The number of carbonyl (C=O) groups excluding carboxylic acids is 1. The van der Waals surface area contributed by atoms with Crippen LogP contribution in [0.3, 0.4) is 0 Å². The van der Waals surface area contributed by atoms with E-state index in [1.54, 1.807) is 12.1 Å². The number of imidazole rings is 1. The smallest absolute Gasteiger partial charge is 0.336 e. The van der Waals surface area contributed by atoms with Crippen molar-refractivity contribution < 1.29 is 14.7 Å². The minimum atomic E-state index is -1.17. The number of alkyl halides is 1. The molecule has 0 saturated heterocycles. The maximum Gasteiger partial charge on any atom is 0.336 e. The molecule has 0 aliphatic carbocycles. The first-order valence-electron chi connectivity index (χ1n) is 11.9. The van der Waals surface area contributed by atoms with Gasteiger partial charge in [0, 0.05) is 13.6 Å². The molecule has 1 aromatic heterocycles. The zero-order chi connectivity index (χ0) is 26.4. The molecule has 1 atom stereocenters. The lowest BCUT2D eigenvalue weighted by Gasteiger charge is -2.20. The number of carboxylic acid groups (broad SMARTS) is 1. The molecule has 4 aromatic rings. The van der Waals surface area contributed by atoms with E-state index in [0.717, 1.165) is 22.2 Å². The van der Waals surface area contributed by atoms with Crippen molar-refractivity contribution in [3.05, 3.63) is 89.7 Å². The van der Waals surface area contributed by atoms with Gasteiger partial charge >= 0.3 is 5.97 Å². The van der Waals surface area contributed by atoms with Gasteiger partial charge in [-0.1, -0.05) is 48.5 Å². The first-order valence-corrected chi connectivity index (χ1v) is 12.4. The number of benzene rings is 3. The van der Waals surface area contributed by atoms with Gasteiger partial charge in [0.1, 0.15) is 11.7 Å². The number of amides is 1. The maximum atomic E-state index is 13.6. The number of hydrogen-bond donors (Lipinski definition) is 4. The van der Waals surface area contributed by atoms with E-state index in [0.29, 0.717) is 25.2 Å². The summed E-state index contributed by atoms with van der Waals surface area (Å²) in [5.41, 5.74) is 3.37. The number of aromatic carboxylic acids is 1. The van der Waals surface area contributed by atoms with Gasteiger partial charge in [0.25, 0.3) is 5.91 Å². The van der Waals surface area contributed by atoms with Crippen LogP contribution in [0.15, 0.2) is 72.8 Å². The van der Waals surface area contributed by atoms with E-state index in [4.69, 9.17) is 22.0 Å². The first-order chi connectivity index (χ1) is 17.9. The number of fused-ring (bicyclic) bond motifs is 1. The molecule has 0 unspecified atom stereocenters. The Balaban J connectivity index is 1.66. The summed E-state index contributed by atoms with van der Waals surface area (Å²) in [4.78, 5) is 30.3. The quantitative estimate of drug-likeness (QED) is 0.102. The molecular formula is C28H28ClN5O3. The highest BCUT2D eigenvalue weighted by Gasteiger charge is 2.24. The Bertz CT molecular complexity index is 1430. The number of amidine groups is 1. The molecule has 37 heavy (non-hydrogen) atoms. The zero-order valence-electron chi connectivity index (χ0n) is 20.4. The summed E-state index contributed by atoms with van der Waals surface area (Å²) in [6.07, 6.45) is 1.15. The van der Waals surface area contributed by atoms with Crippen LogP contribution in [0, 0.1) is 5.41 Å². The summed E-state index contributed by atoms with van der Waals surface area (Å²) in [6, 6.07) is 21.5. The van der Waals surface area contributed by atoms with Crippen molar-refractivity contribution in [1.29, 1.82) is 5.41 Å². The molecule has 9 heteroatoms. The molecule has 0 bridgehead atoms. The van der Waals surface area contributed by atoms with Crippen molar-refractivity contribution >= 4 is 40.3 Å². The first kappa shape index (κ1) is 25.9. The fourth-order valence-corrected chi connectivity index (χ4v) is 4.39. The maximum absolute atomic E-state index is 13.6. The minimum absolute atomic E-state index is 0.0711. The molecule has 0 fully saturated rings. The van der Waals surface area contributed by atoms with Crippen LogP contribution in [-0.4, -0.2) is 44.8 Å². The number of nitrogens with zero attached hydrogens (tertiary/aromatic N) is 2. The predicted octanol–water partition coefficient (Wildman–Crippen LogP) is 5.00. The molecule has 190 valence electrons. The van der Waals surface area contributed by atoms with Crippen molar-refractivity contribution in [3.63, 3.8) is 0 Å². The van der Waals surface area contributed by atoms with E-state index in [9.17, 15) is 14.7 Å². The minimum Gasteiger partial charge on any atom is -0.478 e. The van der Waals surface area contributed by atoms with Gasteiger partial charge in [-0.3, -0.25) is 10.2 Å². The molecule has 0 radical (unpaired) electrons. The van der Waals surface area contributed by atoms with Crippen LogP contribution < -0.4 is 10.6 Å². The van der Waals surface area contributed by atoms with Gasteiger partial charge in [0.2, 0.25) is 0 Å². The van der Waals surface area contributed by atoms with Gasteiger partial charge in [-0.15, -0.1) is 11.6 Å². The van der Waals surface area contributed by atoms with Crippen LogP contribution in [0.1, 0.15) is 45.4 Å². The van der Waals surface area contributed by atoms with Crippen molar-refractivity contribution in [1.82, 2.24) is 20.2 Å². The fourth-order valence-electron chi connectivity index (χ4n) is 4.30. The SMILES string of the molecule is Cn1c([C@H](CCCNC(=N)CCl)NC(=O)c2cc(-c3ccccc3)ccc2C(=O)O)nc2ccccc21. The number of carbonyl (C=O) groups is 2. The Morgan fingerprint density at radius 3 is 2.46 bits per heavy atom. The molecular weight excluding hydrogens is 490 g/mol. The van der Waals surface area contributed by atoms with Crippen LogP contribution >= 0.6 is 11.6 Å². The third kappa shape index (κ3) is 5.98. The number of nitrogens with one attached hydrogen (secondary N) is 3. The van der Waals surface area contributed by atoms with E-state index in [1.807, 2.05) is 66.2 Å². The highest BCUT2D eigenvalue weighted by Crippen LogP contribution is 2.26. The Hall–Kier alpha value is -4.17. The molecule has 0 aliphatic rings. The molecule has 4 rings (SSSR count). The summed E-state index contributed by atoms with van der Waals surface area (Å²) < 4.78 is 1.94. The van der Waals surface area contributed by atoms with Crippen LogP contribution in [0.4, 0.5) is 0 Å². The molecule has 1 heterocycles. The third-order valence-corrected chi connectivity index (χ3v) is 6.45. The number of para-hydroxylation sites is 2. The average Bonchev–Trinajstić information content (AvgIpc) is 3.26. The molecule has 1 amide bonds. The van der Waals surface area contributed by atoms with Crippen LogP contribution in [0.2, 0.25) is 0 Å². The number of rotatable bonds is 10. The van der Waals surface area contributed by atoms with E-state index in [1.165, 1.54) is 6.07 Å². The second kappa shape index (κ2) is 11.7. The highest BCUT2D eigenvalue weighted by atomic mass is 35.5. The Morgan fingerprint density at radius 2 is 1.76 bits per heavy atom. The third-order valence-electron chi connectivity index (χ3n) is 6.18. The average molecular weight is 518 g/mol. The van der Waals surface area contributed by atoms with Gasteiger partial charge in [0.15, 0.2) is 0 Å². The summed E-state index contributed by atoms with van der Waals surface area (Å²) in [5.74, 6) is -0.672. The Labute approximate surface area is 219 Å². The van der Waals surface area contributed by atoms with Gasteiger partial charge in [0.05, 0.1) is 34.1 Å². The predicted molar refractivity (Wildman–Crippen MR) is 145 cm³/mol. The van der Waals surface area contributed by atoms with Crippen LogP contribution in [-0.2, 0) is 7.05 Å². The second-order valence-electron chi connectivity index (χ2n) is 8.66. The molecule has 3 aromatic carbocycles. The standard InChI is InChI=1S/C28H28ClN5O3/c1-34-24-12-6-5-10-22(24)32-26(34)23(11-7-15-31-25(30)17-29)33-27(35)21-16-19(13-14-20(21)28(36)37)18-8-3-2-4-9-18/h2-6,8-10,12-14,16,23H,7,11,15,17H2,1H3,(H2,30,31)(H,33,35)(H,36,37)/t23-/m0/s1. The normalized spacial score (nSPS) is 11.7. The van der Waals surface area contributed by atoms with Gasteiger partial charge in [-0.05, 0) is 48.2 Å². The zero-order valence-corrected chi connectivity index (χ0v) is 21.1. The number of halogens is 1. The number of carboxylic acids is 1. The van der Waals surface area contributed by atoms with E-state index >= 15 is 0 Å². The van der Waals surface area contributed by atoms with Crippen molar-refractivity contribution in [2.75, 3.05) is 12.4 Å². The van der Waals surface area contributed by atoms with E-state index in [2.05, 4.69) is 10.6 Å². The van der Waals surface area contributed by atoms with Crippen molar-refractivity contribution in [2.45, 2.75) is 18.9 Å². The number of aromatic nitrogens is 2. The molecule has 0 spiro atoms. The summed E-state index contributed by atoms with van der Waals surface area (Å²) in [5, 5.41) is 23.5. The van der Waals surface area contributed by atoms with Crippen molar-refractivity contribution in [3.8, 4) is 11.1 Å². The molecule has 8 nitrogen and oxygen atoms in total. The lowest BCUT2D eigenvalue weighted by atomic mass is 9.98. The second-order valence-corrected chi connectivity index (χ2v) is 8.92. The largest absolute Gasteiger partial charge is 0.478 e. The van der Waals surface area contributed by atoms with Crippen molar-refractivity contribution in [2.24, 2.45) is 7.05 Å². The van der Waals surface area contributed by atoms with Gasteiger partial charge in [-0.25, -0.2) is 9.78 Å². The molecule has 4 N–H and O–H groups in total. The van der Waals surface area contributed by atoms with Crippen LogP contribution in [0.25, 0.3) is 22.2 Å². The summed E-state index contributed by atoms with van der Waals surface area (Å²) >= 11 is 5.68. The van der Waals surface area contributed by atoms with Gasteiger partial charge in [-0.2, -0.15) is 0 Å². The Morgan fingerprint density at radius 1 is 1.03 bits per heavy atom. The topological polar surface area (TPSA) is 120 Å². The van der Waals surface area contributed by atoms with E-state index < -0.39 is 17.9 Å².